The molecule has 0 fully saturated rings. The van der Waals surface area contributed by atoms with Crippen LogP contribution in [0.3, 0.4) is 0 Å². The predicted octanol–water partition coefficient (Wildman–Crippen LogP) is 3.54. The third-order valence-electron chi connectivity index (χ3n) is 3.63. The molecule has 0 unspecified atom stereocenters. The minimum Gasteiger partial charge on any atom is -0.452 e. The maximum absolute atomic E-state index is 12.5. The first-order valence-electron chi connectivity index (χ1n) is 8.19. The summed E-state index contributed by atoms with van der Waals surface area (Å²) in [5, 5.41) is 12.9. The van der Waals surface area contributed by atoms with Crippen LogP contribution in [0.1, 0.15) is 29.9 Å². The first kappa shape index (κ1) is 20.8. The third kappa shape index (κ3) is 5.51. The van der Waals surface area contributed by atoms with Crippen LogP contribution in [0, 0.1) is 17.0 Å². The summed E-state index contributed by atoms with van der Waals surface area (Å²) >= 11 is 2.63. The number of aryl methyl sites for hydroxylation is 1. The van der Waals surface area contributed by atoms with Gasteiger partial charge in [-0.15, -0.1) is 11.3 Å². The molecule has 10 heteroatoms. The highest BCUT2D eigenvalue weighted by Gasteiger charge is 2.21. The second kappa shape index (κ2) is 9.47. The van der Waals surface area contributed by atoms with Crippen molar-refractivity contribution < 1.29 is 19.2 Å². The number of benzene rings is 1. The average molecular weight is 409 g/mol. The van der Waals surface area contributed by atoms with Gasteiger partial charge in [0.05, 0.1) is 10.5 Å². The molecule has 1 amide bonds. The molecule has 1 heterocycles. The van der Waals surface area contributed by atoms with E-state index < -0.39 is 17.5 Å². The fourth-order valence-electron chi connectivity index (χ4n) is 2.23. The van der Waals surface area contributed by atoms with E-state index in [1.807, 2.05) is 26.2 Å². The number of nitro benzene ring substituents is 1. The standard InChI is InChI=1S/C17H19N3O5S2/c1-4-19(5-2)15(21)9-25-16(22)13-8-12(20(23)24)6-7-14(13)27-17-18-11(3)10-26-17/h6-8,10H,4-5,9H2,1-3H3. The lowest BCUT2D eigenvalue weighted by atomic mass is 10.2. The lowest BCUT2D eigenvalue weighted by Gasteiger charge is -2.18. The van der Waals surface area contributed by atoms with Crippen molar-refractivity contribution in [1.82, 2.24) is 9.88 Å². The molecular weight excluding hydrogens is 390 g/mol. The number of hydrogen-bond acceptors (Lipinski definition) is 8. The van der Waals surface area contributed by atoms with E-state index in [-0.39, 0.29) is 17.2 Å². The van der Waals surface area contributed by atoms with Crippen molar-refractivity contribution in [2.45, 2.75) is 30.0 Å². The SMILES string of the molecule is CCN(CC)C(=O)COC(=O)c1cc([N+](=O)[O-])ccc1Sc1nc(C)cs1. The van der Waals surface area contributed by atoms with Gasteiger partial charge in [-0.3, -0.25) is 14.9 Å². The van der Waals surface area contributed by atoms with E-state index in [4.69, 9.17) is 4.74 Å². The van der Waals surface area contributed by atoms with Gasteiger partial charge in [0.2, 0.25) is 0 Å². The first-order valence-corrected chi connectivity index (χ1v) is 9.88. The molecule has 1 aromatic heterocycles. The minimum atomic E-state index is -0.782. The fraction of sp³-hybridized carbons (Fsp3) is 0.353. The van der Waals surface area contributed by atoms with E-state index in [1.54, 1.807) is 0 Å². The molecule has 0 saturated carbocycles. The molecule has 2 rings (SSSR count). The zero-order valence-corrected chi connectivity index (χ0v) is 16.8. The van der Waals surface area contributed by atoms with Gasteiger partial charge in [-0.25, -0.2) is 9.78 Å². The summed E-state index contributed by atoms with van der Waals surface area (Å²) in [6.45, 7) is 6.11. The quantitative estimate of drug-likeness (QED) is 0.373. The topological polar surface area (TPSA) is 103 Å². The van der Waals surface area contributed by atoms with Crippen LogP contribution in [0.15, 0.2) is 32.8 Å². The normalized spacial score (nSPS) is 10.5. The molecule has 8 nitrogen and oxygen atoms in total. The molecule has 0 spiro atoms. The molecule has 2 aromatic rings. The molecule has 144 valence electrons. The Morgan fingerprint density at radius 1 is 1.33 bits per heavy atom. The summed E-state index contributed by atoms with van der Waals surface area (Å²) in [4.78, 5) is 41.3. The van der Waals surface area contributed by atoms with Crippen molar-refractivity contribution in [2.24, 2.45) is 0 Å². The molecule has 0 N–H and O–H groups in total. The molecule has 27 heavy (non-hydrogen) atoms. The Balaban J connectivity index is 2.23. The number of hydrogen-bond donors (Lipinski definition) is 0. The van der Waals surface area contributed by atoms with Gasteiger partial charge in [0.15, 0.2) is 10.9 Å². The molecule has 0 aliphatic heterocycles. The van der Waals surface area contributed by atoms with Crippen LogP contribution in [-0.4, -0.2) is 46.4 Å². The van der Waals surface area contributed by atoms with Gasteiger partial charge >= 0.3 is 5.97 Å². The first-order chi connectivity index (χ1) is 12.8. The van der Waals surface area contributed by atoms with E-state index in [0.717, 1.165) is 11.8 Å². The van der Waals surface area contributed by atoms with Crippen LogP contribution >= 0.6 is 23.1 Å². The summed E-state index contributed by atoms with van der Waals surface area (Å²) in [6, 6.07) is 3.97. The second-order valence-corrected chi connectivity index (χ2v) is 7.58. The van der Waals surface area contributed by atoms with Gasteiger partial charge in [0.1, 0.15) is 0 Å². The van der Waals surface area contributed by atoms with Crippen LogP contribution < -0.4 is 0 Å². The summed E-state index contributed by atoms with van der Waals surface area (Å²) in [6.07, 6.45) is 0. The number of carbonyl (C=O) groups is 2. The number of likely N-dealkylation sites (N-methyl/N-ethyl adjacent to an activating group) is 1. The molecule has 0 aliphatic carbocycles. The highest BCUT2D eigenvalue weighted by molar-refractivity contribution is 8.01. The smallest absolute Gasteiger partial charge is 0.340 e. The van der Waals surface area contributed by atoms with E-state index in [1.165, 1.54) is 40.1 Å². The van der Waals surface area contributed by atoms with Gasteiger partial charge in [-0.1, -0.05) is 11.8 Å². The monoisotopic (exact) mass is 409 g/mol. The van der Waals surface area contributed by atoms with E-state index in [2.05, 4.69) is 4.98 Å². The number of esters is 1. The van der Waals surface area contributed by atoms with Crippen molar-refractivity contribution in [3.8, 4) is 0 Å². The van der Waals surface area contributed by atoms with Crippen LogP contribution in [0.4, 0.5) is 5.69 Å². The largest absolute Gasteiger partial charge is 0.452 e. The van der Waals surface area contributed by atoms with Crippen LogP contribution in [-0.2, 0) is 9.53 Å². The summed E-state index contributed by atoms with van der Waals surface area (Å²) < 4.78 is 5.81. The zero-order chi connectivity index (χ0) is 20.0. The van der Waals surface area contributed by atoms with Crippen molar-refractivity contribution in [3.63, 3.8) is 0 Å². The molecule has 1 aromatic carbocycles. The minimum absolute atomic E-state index is 0.0365. The number of thiazole rings is 1. The van der Waals surface area contributed by atoms with Crippen LogP contribution in [0.2, 0.25) is 0 Å². The van der Waals surface area contributed by atoms with E-state index in [0.29, 0.717) is 22.3 Å². The van der Waals surface area contributed by atoms with Gasteiger partial charge in [-0.2, -0.15) is 0 Å². The second-order valence-electron chi connectivity index (χ2n) is 5.44. The van der Waals surface area contributed by atoms with Gasteiger partial charge in [0.25, 0.3) is 11.6 Å². The highest BCUT2D eigenvalue weighted by atomic mass is 32.2. The number of non-ortho nitro benzene ring substituents is 1. The maximum atomic E-state index is 12.5. The van der Waals surface area contributed by atoms with Crippen molar-refractivity contribution in [1.29, 1.82) is 0 Å². The molecule has 0 atom stereocenters. The number of ether oxygens (including phenoxy) is 1. The van der Waals surface area contributed by atoms with E-state index in [9.17, 15) is 19.7 Å². The Hall–Kier alpha value is -2.46. The maximum Gasteiger partial charge on any atom is 0.340 e. The van der Waals surface area contributed by atoms with Gasteiger partial charge < -0.3 is 9.64 Å². The van der Waals surface area contributed by atoms with Crippen LogP contribution in [0.5, 0.6) is 0 Å². The number of amides is 1. The Morgan fingerprint density at radius 2 is 2.04 bits per heavy atom. The van der Waals surface area contributed by atoms with Gasteiger partial charge in [-0.05, 0) is 26.8 Å². The molecular formula is C17H19N3O5S2. The Kier molecular flexibility index (Phi) is 7.31. The predicted molar refractivity (Wildman–Crippen MR) is 102 cm³/mol. The summed E-state index contributed by atoms with van der Waals surface area (Å²) in [5.74, 6) is -1.10. The third-order valence-corrected chi connectivity index (χ3v) is 5.76. The number of carbonyl (C=O) groups excluding carboxylic acids is 2. The Morgan fingerprint density at radius 3 is 2.59 bits per heavy atom. The fourth-order valence-corrected chi connectivity index (χ4v) is 4.12. The van der Waals surface area contributed by atoms with E-state index >= 15 is 0 Å². The zero-order valence-electron chi connectivity index (χ0n) is 15.1. The number of nitrogens with zero attached hydrogens (tertiary/aromatic N) is 3. The molecule has 0 radical (unpaired) electrons. The summed E-state index contributed by atoms with van der Waals surface area (Å²) in [5.41, 5.74) is 0.657. The molecule has 0 saturated heterocycles. The van der Waals surface area contributed by atoms with Crippen molar-refractivity contribution in [3.05, 3.63) is 45.0 Å². The van der Waals surface area contributed by atoms with Crippen LogP contribution in [0.25, 0.3) is 0 Å². The number of aromatic nitrogens is 1. The average Bonchev–Trinajstić information content (AvgIpc) is 3.05. The molecule has 0 bridgehead atoms. The summed E-state index contributed by atoms with van der Waals surface area (Å²) in [7, 11) is 0. The molecule has 0 aliphatic rings. The van der Waals surface area contributed by atoms with Gasteiger partial charge in [0, 0.05) is 41.2 Å². The number of rotatable bonds is 8. The van der Waals surface area contributed by atoms with Crippen molar-refractivity contribution in [2.75, 3.05) is 19.7 Å². The lowest BCUT2D eigenvalue weighted by Crippen LogP contribution is -2.34. The lowest BCUT2D eigenvalue weighted by molar-refractivity contribution is -0.384. The number of nitro groups is 1. The Bertz CT molecular complexity index is 849. The highest BCUT2D eigenvalue weighted by Crippen LogP contribution is 2.34. The Labute approximate surface area is 164 Å². The van der Waals surface area contributed by atoms with Crippen molar-refractivity contribution >= 4 is 40.7 Å².